The summed E-state index contributed by atoms with van der Waals surface area (Å²) < 4.78 is 5.65. The number of aryl methyl sites for hydroxylation is 1. The summed E-state index contributed by atoms with van der Waals surface area (Å²) in [5.41, 5.74) is 1.10. The second-order valence-corrected chi connectivity index (χ2v) is 6.11. The number of benzene rings is 1. The average molecular weight is 470 g/mol. The summed E-state index contributed by atoms with van der Waals surface area (Å²) in [5, 5.41) is 6.37. The topological polar surface area (TPSA) is 69.9 Å². The molecule has 0 aliphatic heterocycles. The quantitative estimate of drug-likeness (QED) is 0.387. The van der Waals surface area contributed by atoms with Gasteiger partial charge in [-0.2, -0.15) is 0 Å². The number of likely N-dealkylation sites (N-methyl/N-ethyl adjacent to an activating group) is 1. The molecule has 0 radical (unpaired) electrons. The zero-order valence-corrected chi connectivity index (χ0v) is 18.0. The molecule has 1 heterocycles. The summed E-state index contributed by atoms with van der Waals surface area (Å²) in [6, 6.07) is 13.8. The molecule has 1 aromatic carbocycles. The Morgan fingerprint density at radius 3 is 2.46 bits per heavy atom. The van der Waals surface area contributed by atoms with Gasteiger partial charge in [0.25, 0.3) is 0 Å². The number of carbonyl (C=O) groups excluding carboxylic acids is 1. The second-order valence-electron chi connectivity index (χ2n) is 6.11. The number of amides is 1. The molecule has 0 aliphatic carbocycles. The minimum atomic E-state index is -0.0646. The Bertz CT molecular complexity index is 713. The van der Waals surface area contributed by atoms with Crippen molar-refractivity contribution in [1.82, 2.24) is 15.5 Å². The second kappa shape index (κ2) is 10.8. The highest BCUT2D eigenvalue weighted by molar-refractivity contribution is 14.0. The maximum Gasteiger partial charge on any atom is 0.241 e. The van der Waals surface area contributed by atoms with E-state index in [2.05, 4.69) is 15.6 Å². The van der Waals surface area contributed by atoms with E-state index < -0.39 is 0 Å². The molecule has 0 saturated heterocycles. The molecule has 7 heteroatoms. The number of guanidine groups is 1. The Kier molecular flexibility index (Phi) is 9.18. The lowest BCUT2D eigenvalue weighted by atomic mass is 10.2. The lowest BCUT2D eigenvalue weighted by molar-refractivity contribution is -0.127. The van der Waals surface area contributed by atoms with Gasteiger partial charge < -0.3 is 20.0 Å². The molecule has 6 nitrogen and oxygen atoms in total. The molecule has 2 aromatic rings. The molecule has 0 saturated carbocycles. The van der Waals surface area contributed by atoms with Crippen LogP contribution in [0.3, 0.4) is 0 Å². The molecule has 1 atom stereocenters. The zero-order valence-electron chi connectivity index (χ0n) is 15.7. The molecular formula is C19H27IN4O2. The van der Waals surface area contributed by atoms with E-state index in [-0.39, 0.29) is 42.5 Å². The van der Waals surface area contributed by atoms with E-state index >= 15 is 0 Å². The minimum Gasteiger partial charge on any atom is -0.464 e. The number of hydrogen-bond acceptors (Lipinski definition) is 3. The third-order valence-electron chi connectivity index (χ3n) is 3.71. The normalized spacial score (nSPS) is 12.1. The number of carbonyl (C=O) groups is 1. The molecule has 26 heavy (non-hydrogen) atoms. The van der Waals surface area contributed by atoms with Crippen LogP contribution in [0.2, 0.25) is 0 Å². The fourth-order valence-electron chi connectivity index (χ4n) is 2.19. The van der Waals surface area contributed by atoms with Gasteiger partial charge in [0, 0.05) is 14.1 Å². The number of halogens is 1. The summed E-state index contributed by atoms with van der Waals surface area (Å²) in [6.07, 6.45) is 0. The van der Waals surface area contributed by atoms with Crippen LogP contribution < -0.4 is 10.6 Å². The van der Waals surface area contributed by atoms with Crippen molar-refractivity contribution in [3.8, 4) is 0 Å². The summed E-state index contributed by atoms with van der Waals surface area (Å²) in [5.74, 6) is 2.24. The van der Waals surface area contributed by atoms with Gasteiger partial charge in [-0.05, 0) is 31.5 Å². The Hall–Kier alpha value is -2.03. The van der Waals surface area contributed by atoms with Gasteiger partial charge in [-0.15, -0.1) is 24.0 Å². The Morgan fingerprint density at radius 2 is 1.88 bits per heavy atom. The van der Waals surface area contributed by atoms with Gasteiger partial charge in [0.15, 0.2) is 5.96 Å². The van der Waals surface area contributed by atoms with Crippen molar-refractivity contribution in [1.29, 1.82) is 0 Å². The molecule has 1 amide bonds. The molecular weight excluding hydrogens is 443 g/mol. The van der Waals surface area contributed by atoms with Crippen molar-refractivity contribution < 1.29 is 9.21 Å². The molecule has 1 aromatic heterocycles. The highest BCUT2D eigenvalue weighted by Gasteiger charge is 2.13. The van der Waals surface area contributed by atoms with Gasteiger partial charge in [-0.1, -0.05) is 30.3 Å². The predicted molar refractivity (Wildman–Crippen MR) is 115 cm³/mol. The average Bonchev–Trinajstić information content (AvgIpc) is 3.04. The van der Waals surface area contributed by atoms with E-state index in [1.165, 1.54) is 0 Å². The first kappa shape index (κ1) is 22.0. The fourth-order valence-corrected chi connectivity index (χ4v) is 2.19. The van der Waals surface area contributed by atoms with E-state index in [1.807, 2.05) is 56.3 Å². The summed E-state index contributed by atoms with van der Waals surface area (Å²) in [6.45, 7) is 4.61. The minimum absolute atomic E-state index is 0. The molecule has 0 fully saturated rings. The van der Waals surface area contributed by atoms with Crippen LogP contribution in [0.15, 0.2) is 51.9 Å². The van der Waals surface area contributed by atoms with Crippen molar-refractivity contribution in [2.45, 2.75) is 26.4 Å². The van der Waals surface area contributed by atoms with Crippen molar-refractivity contribution in [3.63, 3.8) is 0 Å². The molecule has 2 rings (SSSR count). The molecule has 0 aliphatic rings. The number of nitrogens with one attached hydrogen (secondary N) is 2. The summed E-state index contributed by atoms with van der Waals surface area (Å²) in [4.78, 5) is 18.0. The highest BCUT2D eigenvalue weighted by atomic mass is 127. The van der Waals surface area contributed by atoms with Crippen LogP contribution >= 0.6 is 24.0 Å². The summed E-state index contributed by atoms with van der Waals surface area (Å²) >= 11 is 0. The Morgan fingerprint density at radius 1 is 1.19 bits per heavy atom. The SMILES string of the molecule is Cc1ccc(C(C)NC(=NCc2ccccc2)NCC(=O)N(C)C)o1.I. The number of nitrogens with zero attached hydrogens (tertiary/aromatic N) is 2. The van der Waals surface area contributed by atoms with Gasteiger partial charge >= 0.3 is 0 Å². The largest absolute Gasteiger partial charge is 0.464 e. The monoisotopic (exact) mass is 470 g/mol. The van der Waals surface area contributed by atoms with Gasteiger partial charge in [0.2, 0.25) is 5.91 Å². The van der Waals surface area contributed by atoms with Crippen LogP contribution in [0, 0.1) is 6.92 Å². The molecule has 142 valence electrons. The first-order chi connectivity index (χ1) is 12.0. The van der Waals surface area contributed by atoms with Crippen molar-refractivity contribution >= 4 is 35.8 Å². The van der Waals surface area contributed by atoms with E-state index in [1.54, 1.807) is 19.0 Å². The van der Waals surface area contributed by atoms with Crippen LogP contribution in [0.25, 0.3) is 0 Å². The number of aliphatic imine (C=N–C) groups is 1. The van der Waals surface area contributed by atoms with Gasteiger partial charge in [0.1, 0.15) is 11.5 Å². The third-order valence-corrected chi connectivity index (χ3v) is 3.71. The number of rotatable bonds is 6. The van der Waals surface area contributed by atoms with Crippen molar-refractivity contribution in [2.75, 3.05) is 20.6 Å². The van der Waals surface area contributed by atoms with Crippen molar-refractivity contribution in [2.24, 2.45) is 4.99 Å². The Balaban J connectivity index is 0.00000338. The highest BCUT2D eigenvalue weighted by Crippen LogP contribution is 2.15. The van der Waals surface area contributed by atoms with Crippen molar-refractivity contribution in [3.05, 3.63) is 59.5 Å². The van der Waals surface area contributed by atoms with Crippen LogP contribution in [0.5, 0.6) is 0 Å². The van der Waals surface area contributed by atoms with Gasteiger partial charge in [-0.3, -0.25) is 4.79 Å². The van der Waals surface area contributed by atoms with Crippen LogP contribution in [0.1, 0.15) is 30.0 Å². The van der Waals surface area contributed by atoms with E-state index in [0.29, 0.717) is 12.5 Å². The predicted octanol–water partition coefficient (Wildman–Crippen LogP) is 3.09. The molecule has 1 unspecified atom stereocenters. The zero-order chi connectivity index (χ0) is 18.2. The fraction of sp³-hybridized carbons (Fsp3) is 0.368. The Labute approximate surface area is 172 Å². The molecule has 0 bridgehead atoms. The van der Waals surface area contributed by atoms with Crippen LogP contribution in [-0.4, -0.2) is 37.4 Å². The number of furan rings is 1. The first-order valence-corrected chi connectivity index (χ1v) is 8.31. The lowest BCUT2D eigenvalue weighted by Gasteiger charge is -2.18. The molecule has 0 spiro atoms. The van der Waals surface area contributed by atoms with Gasteiger partial charge in [0.05, 0.1) is 19.1 Å². The maximum atomic E-state index is 11.8. The lowest BCUT2D eigenvalue weighted by Crippen LogP contribution is -2.43. The number of hydrogen-bond donors (Lipinski definition) is 2. The smallest absolute Gasteiger partial charge is 0.241 e. The van der Waals surface area contributed by atoms with E-state index in [4.69, 9.17) is 4.42 Å². The van der Waals surface area contributed by atoms with E-state index in [0.717, 1.165) is 17.1 Å². The molecule has 2 N–H and O–H groups in total. The third kappa shape index (κ3) is 7.07. The summed E-state index contributed by atoms with van der Waals surface area (Å²) in [7, 11) is 3.46. The van der Waals surface area contributed by atoms with Crippen LogP contribution in [0.4, 0.5) is 0 Å². The maximum absolute atomic E-state index is 11.8. The van der Waals surface area contributed by atoms with Gasteiger partial charge in [-0.25, -0.2) is 4.99 Å². The van der Waals surface area contributed by atoms with E-state index in [9.17, 15) is 4.79 Å². The van der Waals surface area contributed by atoms with Crippen LogP contribution in [-0.2, 0) is 11.3 Å². The first-order valence-electron chi connectivity index (χ1n) is 8.31. The standard InChI is InChI=1S/C19H26N4O2.HI/c1-14-10-11-17(25-14)15(2)22-19(21-13-18(24)23(3)4)20-12-16-8-6-5-7-9-16;/h5-11,15H,12-13H2,1-4H3,(H2,20,21,22);1H.